The number of benzene rings is 1. The van der Waals surface area contributed by atoms with Crippen LogP contribution in [0.4, 0.5) is 4.39 Å². The second kappa shape index (κ2) is 14.5. The Hall–Kier alpha value is -1.46. The van der Waals surface area contributed by atoms with Gasteiger partial charge in [-0.25, -0.2) is 4.39 Å². The van der Waals surface area contributed by atoms with Crippen molar-refractivity contribution in [3.8, 4) is 0 Å². The number of carbonyl (C=O) groups is 1. The maximum absolute atomic E-state index is 13.1. The molecule has 7 nitrogen and oxygen atoms in total. The number of carbonyl (C=O) groups excluding carboxylic acids is 1. The minimum atomic E-state index is -0.261. The van der Waals surface area contributed by atoms with Gasteiger partial charge in [-0.2, -0.15) is 0 Å². The Balaban J connectivity index is 0.00000450. The number of hydrogen-bond acceptors (Lipinski definition) is 4. The summed E-state index contributed by atoms with van der Waals surface area (Å²) < 4.78 is 18.7. The molecule has 1 aromatic rings. The number of rotatable bonds is 9. The maximum atomic E-state index is 13.1. The normalized spacial score (nSPS) is 16.5. The molecule has 0 bridgehead atoms. The molecule has 0 saturated carbocycles. The van der Waals surface area contributed by atoms with Crippen LogP contribution in [0.2, 0.25) is 0 Å². The van der Waals surface area contributed by atoms with E-state index in [9.17, 15) is 9.18 Å². The van der Waals surface area contributed by atoms with Crippen molar-refractivity contribution < 1.29 is 13.9 Å². The molecule has 0 radical (unpaired) electrons. The monoisotopic (exact) mass is 535 g/mol. The third kappa shape index (κ3) is 9.13. The van der Waals surface area contributed by atoms with Crippen LogP contribution in [-0.4, -0.2) is 69.7 Å². The van der Waals surface area contributed by atoms with E-state index in [1.807, 2.05) is 6.92 Å². The molecule has 9 heteroatoms. The molecule has 1 amide bonds. The predicted molar refractivity (Wildman–Crippen MR) is 129 cm³/mol. The molecule has 1 aromatic carbocycles. The summed E-state index contributed by atoms with van der Waals surface area (Å²) in [5, 5.41) is 9.66. The molecular formula is C21H35FIN5O2. The zero-order chi connectivity index (χ0) is 21.1. The van der Waals surface area contributed by atoms with Crippen LogP contribution in [0.3, 0.4) is 0 Å². The van der Waals surface area contributed by atoms with Crippen LogP contribution >= 0.6 is 24.0 Å². The lowest BCUT2D eigenvalue weighted by Gasteiger charge is -2.32. The van der Waals surface area contributed by atoms with Crippen molar-refractivity contribution >= 4 is 35.8 Å². The number of methoxy groups -OCH3 is 1. The number of nitrogens with zero attached hydrogens (tertiary/aromatic N) is 2. The molecule has 0 spiro atoms. The number of piperidine rings is 1. The SMILES string of the molecule is CCCNC(=O)CN1CCC(NC(=NC)NCC(OC)c2ccc(F)cc2)CC1.I. The van der Waals surface area contributed by atoms with Gasteiger partial charge >= 0.3 is 0 Å². The van der Waals surface area contributed by atoms with Crippen LogP contribution < -0.4 is 16.0 Å². The Morgan fingerprint density at radius 1 is 1.27 bits per heavy atom. The summed E-state index contributed by atoms with van der Waals surface area (Å²) in [6, 6.07) is 6.64. The summed E-state index contributed by atoms with van der Waals surface area (Å²) in [5.74, 6) is 0.554. The highest BCUT2D eigenvalue weighted by molar-refractivity contribution is 14.0. The molecule has 1 atom stereocenters. The van der Waals surface area contributed by atoms with Gasteiger partial charge < -0.3 is 20.7 Å². The van der Waals surface area contributed by atoms with Gasteiger partial charge in [0.1, 0.15) is 5.82 Å². The van der Waals surface area contributed by atoms with Crippen molar-refractivity contribution in [1.82, 2.24) is 20.9 Å². The van der Waals surface area contributed by atoms with Gasteiger partial charge in [0.25, 0.3) is 0 Å². The number of amides is 1. The largest absolute Gasteiger partial charge is 0.375 e. The van der Waals surface area contributed by atoms with E-state index in [1.54, 1.807) is 26.3 Å². The van der Waals surface area contributed by atoms with E-state index in [4.69, 9.17) is 4.74 Å². The van der Waals surface area contributed by atoms with Crippen LogP contribution in [0, 0.1) is 5.82 Å². The first kappa shape index (κ1) is 26.6. The van der Waals surface area contributed by atoms with Crippen LogP contribution in [-0.2, 0) is 9.53 Å². The van der Waals surface area contributed by atoms with Gasteiger partial charge in [-0.1, -0.05) is 19.1 Å². The van der Waals surface area contributed by atoms with E-state index in [0.717, 1.165) is 44.5 Å². The average molecular weight is 535 g/mol. The molecule has 1 fully saturated rings. The van der Waals surface area contributed by atoms with Gasteiger partial charge in [-0.05, 0) is 37.0 Å². The minimum absolute atomic E-state index is 0. The van der Waals surface area contributed by atoms with Crippen molar-refractivity contribution in [2.75, 3.05) is 46.9 Å². The highest BCUT2D eigenvalue weighted by Crippen LogP contribution is 2.16. The van der Waals surface area contributed by atoms with Crippen molar-refractivity contribution in [3.05, 3.63) is 35.6 Å². The maximum Gasteiger partial charge on any atom is 0.234 e. The number of aliphatic imine (C=N–C) groups is 1. The number of likely N-dealkylation sites (tertiary alicyclic amines) is 1. The summed E-state index contributed by atoms with van der Waals surface area (Å²) >= 11 is 0. The van der Waals surface area contributed by atoms with Crippen molar-refractivity contribution in [2.45, 2.75) is 38.3 Å². The first-order chi connectivity index (χ1) is 14.0. The Morgan fingerprint density at radius 3 is 2.50 bits per heavy atom. The van der Waals surface area contributed by atoms with E-state index < -0.39 is 0 Å². The lowest BCUT2D eigenvalue weighted by atomic mass is 10.1. The minimum Gasteiger partial charge on any atom is -0.375 e. The highest BCUT2D eigenvalue weighted by atomic mass is 127. The summed E-state index contributed by atoms with van der Waals surface area (Å²) in [4.78, 5) is 18.3. The van der Waals surface area contributed by atoms with E-state index in [1.165, 1.54) is 12.1 Å². The summed E-state index contributed by atoms with van der Waals surface area (Å²) in [6.07, 6.45) is 2.66. The van der Waals surface area contributed by atoms with Gasteiger partial charge in [0, 0.05) is 46.4 Å². The Bertz CT molecular complexity index is 651. The summed E-state index contributed by atoms with van der Waals surface area (Å²) in [7, 11) is 3.38. The standard InChI is InChI=1S/C21H34FN5O2.HI/c1-4-11-24-20(28)15-27-12-9-18(10-13-27)26-21(23-2)25-14-19(29-3)16-5-7-17(22)8-6-16;/h5-8,18-19H,4,9-15H2,1-3H3,(H,24,28)(H2,23,25,26);1H. The molecule has 1 aliphatic rings. The number of hydrogen-bond donors (Lipinski definition) is 3. The smallest absolute Gasteiger partial charge is 0.234 e. The molecule has 1 aliphatic heterocycles. The zero-order valence-corrected chi connectivity index (χ0v) is 20.4. The predicted octanol–water partition coefficient (Wildman–Crippen LogP) is 2.29. The lowest BCUT2D eigenvalue weighted by molar-refractivity contribution is -0.122. The zero-order valence-electron chi connectivity index (χ0n) is 18.1. The molecule has 1 saturated heterocycles. The van der Waals surface area contributed by atoms with E-state index in [-0.39, 0.29) is 41.8 Å². The van der Waals surface area contributed by atoms with Crippen molar-refractivity contribution in [3.63, 3.8) is 0 Å². The van der Waals surface area contributed by atoms with Crippen LogP contribution in [0.25, 0.3) is 0 Å². The fraction of sp³-hybridized carbons (Fsp3) is 0.619. The molecule has 0 aromatic heterocycles. The first-order valence-electron chi connectivity index (χ1n) is 10.3. The van der Waals surface area contributed by atoms with E-state index in [2.05, 4.69) is 25.8 Å². The summed E-state index contributed by atoms with van der Waals surface area (Å²) in [6.45, 7) is 5.53. The van der Waals surface area contributed by atoms with Crippen LogP contribution in [0.15, 0.2) is 29.3 Å². The molecule has 1 unspecified atom stereocenters. The molecule has 3 N–H and O–H groups in total. The highest BCUT2D eigenvalue weighted by Gasteiger charge is 2.21. The van der Waals surface area contributed by atoms with Gasteiger partial charge in [-0.15, -0.1) is 24.0 Å². The lowest BCUT2D eigenvalue weighted by Crippen LogP contribution is -2.50. The fourth-order valence-electron chi connectivity index (χ4n) is 3.35. The number of halogens is 2. The Kier molecular flexibility index (Phi) is 12.9. The third-order valence-corrected chi connectivity index (χ3v) is 5.07. The van der Waals surface area contributed by atoms with E-state index in [0.29, 0.717) is 25.1 Å². The van der Waals surface area contributed by atoms with Crippen molar-refractivity contribution in [1.29, 1.82) is 0 Å². The molecule has 30 heavy (non-hydrogen) atoms. The van der Waals surface area contributed by atoms with Gasteiger partial charge in [0.05, 0.1) is 12.6 Å². The van der Waals surface area contributed by atoms with Crippen LogP contribution in [0.1, 0.15) is 37.9 Å². The van der Waals surface area contributed by atoms with Gasteiger partial charge in [0.2, 0.25) is 5.91 Å². The number of ether oxygens (including phenoxy) is 1. The Morgan fingerprint density at radius 2 is 1.93 bits per heavy atom. The quantitative estimate of drug-likeness (QED) is 0.257. The third-order valence-electron chi connectivity index (χ3n) is 5.07. The molecule has 2 rings (SSSR count). The topological polar surface area (TPSA) is 78.0 Å². The fourth-order valence-corrected chi connectivity index (χ4v) is 3.35. The molecule has 1 heterocycles. The second-order valence-corrected chi connectivity index (χ2v) is 7.27. The number of guanidine groups is 1. The average Bonchev–Trinajstić information content (AvgIpc) is 2.74. The van der Waals surface area contributed by atoms with Gasteiger partial charge in [-0.3, -0.25) is 14.7 Å². The molecular weight excluding hydrogens is 500 g/mol. The first-order valence-corrected chi connectivity index (χ1v) is 10.3. The second-order valence-electron chi connectivity index (χ2n) is 7.27. The van der Waals surface area contributed by atoms with Crippen LogP contribution in [0.5, 0.6) is 0 Å². The molecule has 170 valence electrons. The van der Waals surface area contributed by atoms with Gasteiger partial charge in [0.15, 0.2) is 5.96 Å². The number of nitrogens with one attached hydrogen (secondary N) is 3. The van der Waals surface area contributed by atoms with E-state index >= 15 is 0 Å². The summed E-state index contributed by atoms with van der Waals surface area (Å²) in [5.41, 5.74) is 0.909. The van der Waals surface area contributed by atoms with Crippen molar-refractivity contribution in [2.24, 2.45) is 4.99 Å². The Labute approximate surface area is 196 Å². The molecule has 0 aliphatic carbocycles.